The van der Waals surface area contributed by atoms with Crippen molar-refractivity contribution in [2.75, 3.05) is 0 Å². The van der Waals surface area contributed by atoms with E-state index < -0.39 is 0 Å². The van der Waals surface area contributed by atoms with E-state index in [0.717, 1.165) is 38.5 Å². The van der Waals surface area contributed by atoms with E-state index in [1.807, 2.05) is 0 Å². The van der Waals surface area contributed by atoms with Crippen LogP contribution >= 0.6 is 0 Å². The number of ketones is 1. The Morgan fingerprint density at radius 2 is 1.77 bits per heavy atom. The van der Waals surface area contributed by atoms with Crippen LogP contribution in [0.25, 0.3) is 0 Å². The minimum Gasteiger partial charge on any atom is -0.393 e. The minimum atomic E-state index is -0.379. The maximum absolute atomic E-state index is 12.4. The van der Waals surface area contributed by atoms with E-state index in [1.165, 1.54) is 6.42 Å². The average Bonchev–Trinajstić information content (AvgIpc) is 2.77. The molecule has 8 atom stereocenters. The van der Waals surface area contributed by atoms with Gasteiger partial charge in [-0.15, -0.1) is 0 Å². The molecule has 0 radical (unpaired) electrons. The summed E-state index contributed by atoms with van der Waals surface area (Å²) in [5.74, 6) is 2.63. The second-order valence-electron chi connectivity index (χ2n) is 9.08. The zero-order valence-corrected chi connectivity index (χ0v) is 13.9. The molecule has 0 aliphatic heterocycles. The quantitative estimate of drug-likeness (QED) is 0.723. The van der Waals surface area contributed by atoms with Gasteiger partial charge >= 0.3 is 0 Å². The highest BCUT2D eigenvalue weighted by molar-refractivity contribution is 5.87. The van der Waals surface area contributed by atoms with Gasteiger partial charge in [-0.05, 0) is 74.0 Å². The smallest absolute Gasteiger partial charge is 0.139 e. The Balaban J connectivity index is 1.67. The first kappa shape index (κ1) is 15.1. The maximum Gasteiger partial charge on any atom is 0.139 e. The van der Waals surface area contributed by atoms with Crippen LogP contribution in [-0.2, 0) is 4.79 Å². The van der Waals surface area contributed by atoms with Crippen LogP contribution < -0.4 is 0 Å². The molecule has 4 rings (SSSR count). The van der Waals surface area contributed by atoms with Gasteiger partial charge in [0, 0.05) is 11.8 Å². The van der Waals surface area contributed by atoms with E-state index in [4.69, 9.17) is 0 Å². The van der Waals surface area contributed by atoms with Gasteiger partial charge in [0.25, 0.3) is 0 Å². The van der Waals surface area contributed by atoms with Gasteiger partial charge in [0.05, 0.1) is 12.2 Å². The molecule has 0 spiro atoms. The van der Waals surface area contributed by atoms with E-state index in [-0.39, 0.29) is 23.0 Å². The number of Topliss-reactive ketones (excluding diaryl/α,β-unsaturated/α-hetero) is 1. The third-order valence-electron chi connectivity index (χ3n) is 8.44. The van der Waals surface area contributed by atoms with E-state index in [1.54, 1.807) is 0 Å². The minimum absolute atomic E-state index is 0.0465. The van der Waals surface area contributed by atoms with Crippen molar-refractivity contribution < 1.29 is 15.0 Å². The molecule has 0 bridgehead atoms. The molecule has 22 heavy (non-hydrogen) atoms. The van der Waals surface area contributed by atoms with E-state index >= 15 is 0 Å². The van der Waals surface area contributed by atoms with Crippen molar-refractivity contribution in [3.63, 3.8) is 0 Å². The molecule has 0 aromatic rings. The van der Waals surface area contributed by atoms with Crippen LogP contribution in [0.4, 0.5) is 0 Å². The predicted molar refractivity (Wildman–Crippen MR) is 84.1 cm³/mol. The SMILES string of the molecule is C[C@]12[C@@H](CC[C@@H]3[C@@H]1CC[C@]1(C)C(=O)CC[C@@H]31)C[C@H](O)C[C@@H]2O. The second-order valence-corrected chi connectivity index (χ2v) is 9.08. The molecule has 4 aliphatic rings. The summed E-state index contributed by atoms with van der Waals surface area (Å²) in [6.45, 7) is 4.49. The third kappa shape index (κ3) is 1.78. The first-order valence-electron chi connectivity index (χ1n) is 9.26. The van der Waals surface area contributed by atoms with Crippen LogP contribution in [0, 0.1) is 34.5 Å². The Hall–Kier alpha value is -0.410. The van der Waals surface area contributed by atoms with Gasteiger partial charge in [-0.25, -0.2) is 0 Å². The molecule has 3 heteroatoms. The van der Waals surface area contributed by atoms with Crippen molar-refractivity contribution in [1.82, 2.24) is 0 Å². The number of carbonyl (C=O) groups is 1. The van der Waals surface area contributed by atoms with Crippen molar-refractivity contribution in [2.45, 2.75) is 77.4 Å². The van der Waals surface area contributed by atoms with Crippen molar-refractivity contribution in [2.24, 2.45) is 34.5 Å². The molecule has 0 amide bonds. The largest absolute Gasteiger partial charge is 0.393 e. The molecule has 124 valence electrons. The fourth-order valence-corrected chi connectivity index (χ4v) is 7.07. The molecule has 2 N–H and O–H groups in total. The molecule has 0 unspecified atom stereocenters. The van der Waals surface area contributed by atoms with Crippen LogP contribution in [0.5, 0.6) is 0 Å². The molecule has 3 nitrogen and oxygen atoms in total. The maximum atomic E-state index is 12.4. The molecule has 0 aromatic carbocycles. The first-order valence-corrected chi connectivity index (χ1v) is 9.26. The standard InChI is InChI=1S/C19H30O3/c1-18-8-7-15-13(14(18)5-6-16(18)21)4-3-11-9-12(20)10-17(22)19(11,15)2/h11-15,17,20,22H,3-10H2,1-2H3/t11-,12-,13-,14-,15-,17-,18-,19-/m0/s1. The number of carbonyl (C=O) groups excluding carboxylic acids is 1. The highest BCUT2D eigenvalue weighted by Gasteiger charge is 2.62. The number of aliphatic hydroxyl groups is 2. The second kappa shape index (κ2) is 4.80. The molecule has 0 heterocycles. The molecule has 4 saturated carbocycles. The lowest BCUT2D eigenvalue weighted by atomic mass is 9.44. The molecular weight excluding hydrogens is 276 g/mol. The van der Waals surface area contributed by atoms with Crippen LogP contribution in [0.1, 0.15) is 65.2 Å². The van der Waals surface area contributed by atoms with Gasteiger partial charge in [-0.1, -0.05) is 13.8 Å². The number of rotatable bonds is 0. The van der Waals surface area contributed by atoms with Gasteiger partial charge in [0.15, 0.2) is 0 Å². The monoisotopic (exact) mass is 306 g/mol. The normalized spacial score (nSPS) is 57.9. The van der Waals surface area contributed by atoms with Crippen LogP contribution in [-0.4, -0.2) is 28.2 Å². The van der Waals surface area contributed by atoms with E-state index in [2.05, 4.69) is 13.8 Å². The van der Waals surface area contributed by atoms with Gasteiger partial charge in [0.1, 0.15) is 5.78 Å². The molecule has 0 aromatic heterocycles. The highest BCUT2D eigenvalue weighted by atomic mass is 16.3. The Morgan fingerprint density at radius 3 is 2.55 bits per heavy atom. The van der Waals surface area contributed by atoms with E-state index in [0.29, 0.717) is 35.9 Å². The Kier molecular flexibility index (Phi) is 3.30. The van der Waals surface area contributed by atoms with Crippen LogP contribution in [0.15, 0.2) is 0 Å². The van der Waals surface area contributed by atoms with Gasteiger partial charge in [0.2, 0.25) is 0 Å². The lowest BCUT2D eigenvalue weighted by molar-refractivity contribution is -0.179. The van der Waals surface area contributed by atoms with E-state index in [9.17, 15) is 15.0 Å². The van der Waals surface area contributed by atoms with Gasteiger partial charge in [-0.3, -0.25) is 4.79 Å². The summed E-state index contributed by atoms with van der Waals surface area (Å²) in [4.78, 5) is 12.4. The number of hydrogen-bond acceptors (Lipinski definition) is 3. The van der Waals surface area contributed by atoms with Crippen LogP contribution in [0.2, 0.25) is 0 Å². The van der Waals surface area contributed by atoms with Crippen molar-refractivity contribution >= 4 is 5.78 Å². The van der Waals surface area contributed by atoms with Gasteiger partial charge < -0.3 is 10.2 Å². The average molecular weight is 306 g/mol. The first-order chi connectivity index (χ1) is 10.4. The fourth-order valence-electron chi connectivity index (χ4n) is 7.07. The highest BCUT2D eigenvalue weighted by Crippen LogP contribution is 2.65. The lowest BCUT2D eigenvalue weighted by Gasteiger charge is -2.61. The zero-order chi connectivity index (χ0) is 15.7. The summed E-state index contributed by atoms with van der Waals surface area (Å²) in [5.41, 5.74) is -0.126. The number of hydrogen-bond donors (Lipinski definition) is 2. The van der Waals surface area contributed by atoms with Crippen molar-refractivity contribution in [3.8, 4) is 0 Å². The summed E-state index contributed by atoms with van der Waals surface area (Å²) in [7, 11) is 0. The van der Waals surface area contributed by atoms with Gasteiger partial charge in [-0.2, -0.15) is 0 Å². The summed E-state index contributed by atoms with van der Waals surface area (Å²) in [6.07, 6.45) is 6.93. The fraction of sp³-hybridized carbons (Fsp3) is 0.947. The Bertz CT molecular complexity index is 489. The molecule has 0 saturated heterocycles. The van der Waals surface area contributed by atoms with Crippen molar-refractivity contribution in [1.29, 1.82) is 0 Å². The summed E-state index contributed by atoms with van der Waals surface area (Å²) < 4.78 is 0. The third-order valence-corrected chi connectivity index (χ3v) is 8.44. The summed E-state index contributed by atoms with van der Waals surface area (Å²) in [6, 6.07) is 0. The van der Waals surface area contributed by atoms with Crippen LogP contribution in [0.3, 0.4) is 0 Å². The topological polar surface area (TPSA) is 57.5 Å². The molecule has 4 aliphatic carbocycles. The summed E-state index contributed by atoms with van der Waals surface area (Å²) in [5, 5.41) is 20.9. The molecule has 4 fully saturated rings. The summed E-state index contributed by atoms with van der Waals surface area (Å²) >= 11 is 0. The molecular formula is C19H30O3. The zero-order valence-electron chi connectivity index (χ0n) is 13.9. The predicted octanol–water partition coefficient (Wildman–Crippen LogP) is 2.93. The number of aliphatic hydroxyl groups excluding tert-OH is 2. The van der Waals surface area contributed by atoms with Crippen molar-refractivity contribution in [3.05, 3.63) is 0 Å². The number of fused-ring (bicyclic) bond motifs is 5. The Morgan fingerprint density at radius 1 is 1.00 bits per heavy atom. The Labute approximate surface area is 133 Å². The lowest BCUT2D eigenvalue weighted by Crippen LogP contribution is -2.59.